The van der Waals surface area contributed by atoms with Crippen molar-refractivity contribution >= 4 is 11.8 Å². The van der Waals surface area contributed by atoms with E-state index in [0.29, 0.717) is 11.5 Å². The predicted molar refractivity (Wildman–Crippen MR) is 80.5 cm³/mol. The van der Waals surface area contributed by atoms with Crippen molar-refractivity contribution in [3.05, 3.63) is 0 Å². The van der Waals surface area contributed by atoms with Gasteiger partial charge >= 0.3 is 0 Å². The average Bonchev–Trinajstić information content (AvgIpc) is 2.24. The minimum Gasteiger partial charge on any atom is -0.327 e. The van der Waals surface area contributed by atoms with Crippen molar-refractivity contribution in [2.45, 2.75) is 65.8 Å². The zero-order valence-corrected chi connectivity index (χ0v) is 13.0. The molecule has 0 aromatic rings. The van der Waals surface area contributed by atoms with Crippen LogP contribution in [-0.4, -0.2) is 17.5 Å². The Bertz CT molecular complexity index is 215. The molecule has 0 aromatic carbocycles. The van der Waals surface area contributed by atoms with Crippen molar-refractivity contribution in [2.75, 3.05) is 11.5 Å². The van der Waals surface area contributed by atoms with Crippen molar-refractivity contribution in [2.24, 2.45) is 23.0 Å². The van der Waals surface area contributed by atoms with Gasteiger partial charge in [0, 0.05) is 6.04 Å². The second-order valence-corrected chi connectivity index (χ2v) is 7.87. The molecule has 3 unspecified atom stereocenters. The molecule has 0 aromatic heterocycles. The summed E-state index contributed by atoms with van der Waals surface area (Å²) in [5.41, 5.74) is 6.82. The van der Waals surface area contributed by atoms with Crippen LogP contribution in [0.4, 0.5) is 0 Å². The van der Waals surface area contributed by atoms with E-state index >= 15 is 0 Å². The fourth-order valence-corrected chi connectivity index (χ4v) is 3.99. The molecule has 1 aliphatic rings. The van der Waals surface area contributed by atoms with E-state index in [0.717, 1.165) is 11.8 Å². The molecule has 0 aliphatic heterocycles. The summed E-state index contributed by atoms with van der Waals surface area (Å²) in [6, 6.07) is 0.438. The molecule has 3 atom stereocenters. The van der Waals surface area contributed by atoms with E-state index < -0.39 is 0 Å². The maximum absolute atomic E-state index is 6.38. The van der Waals surface area contributed by atoms with Gasteiger partial charge in [-0.25, -0.2) is 0 Å². The van der Waals surface area contributed by atoms with Crippen LogP contribution in [0.1, 0.15) is 59.8 Å². The van der Waals surface area contributed by atoms with Gasteiger partial charge in [-0.1, -0.05) is 34.1 Å². The van der Waals surface area contributed by atoms with Crippen LogP contribution in [0.15, 0.2) is 0 Å². The number of nitrogens with two attached hydrogens (primary N) is 1. The van der Waals surface area contributed by atoms with Gasteiger partial charge in [-0.05, 0) is 54.4 Å². The van der Waals surface area contributed by atoms with E-state index in [2.05, 4.69) is 39.5 Å². The van der Waals surface area contributed by atoms with Crippen molar-refractivity contribution in [1.82, 2.24) is 0 Å². The standard InChI is InChI=1S/C15H31NS/c1-5-17-10-6-9-15(3,4)13-8-7-12(2)11-14(13)16/h12-14H,5-11,16H2,1-4H3. The zero-order chi connectivity index (χ0) is 12.9. The molecule has 0 radical (unpaired) electrons. The maximum atomic E-state index is 6.38. The molecule has 1 nitrogen and oxygen atoms in total. The first-order chi connectivity index (χ1) is 7.97. The van der Waals surface area contributed by atoms with E-state index in [4.69, 9.17) is 5.73 Å². The highest BCUT2D eigenvalue weighted by Gasteiger charge is 2.36. The lowest BCUT2D eigenvalue weighted by atomic mass is 9.65. The van der Waals surface area contributed by atoms with E-state index in [1.54, 1.807) is 0 Å². The number of rotatable bonds is 6. The lowest BCUT2D eigenvalue weighted by Crippen LogP contribution is -2.43. The second-order valence-electron chi connectivity index (χ2n) is 6.48. The van der Waals surface area contributed by atoms with Crippen LogP contribution >= 0.6 is 11.8 Å². The van der Waals surface area contributed by atoms with Gasteiger partial charge in [-0.2, -0.15) is 11.8 Å². The minimum atomic E-state index is 0.438. The summed E-state index contributed by atoms with van der Waals surface area (Å²) < 4.78 is 0. The molecule has 1 fully saturated rings. The summed E-state index contributed by atoms with van der Waals surface area (Å²) in [5, 5.41) is 0. The molecule has 1 rings (SSSR count). The van der Waals surface area contributed by atoms with E-state index in [1.165, 1.54) is 43.6 Å². The van der Waals surface area contributed by atoms with Crippen LogP contribution in [0.5, 0.6) is 0 Å². The fourth-order valence-electron chi connectivity index (χ4n) is 3.35. The molecule has 0 saturated heterocycles. The van der Waals surface area contributed by atoms with Gasteiger partial charge in [0.25, 0.3) is 0 Å². The lowest BCUT2D eigenvalue weighted by Gasteiger charge is -2.43. The van der Waals surface area contributed by atoms with Crippen LogP contribution in [0, 0.1) is 17.3 Å². The Morgan fingerprint density at radius 3 is 2.59 bits per heavy atom. The Labute approximate surface area is 112 Å². The van der Waals surface area contributed by atoms with Gasteiger partial charge in [0.1, 0.15) is 0 Å². The third kappa shape index (κ3) is 4.82. The van der Waals surface area contributed by atoms with Gasteiger partial charge in [0.15, 0.2) is 0 Å². The molecule has 102 valence electrons. The average molecular weight is 257 g/mol. The molecule has 0 heterocycles. The molecular weight excluding hydrogens is 226 g/mol. The first-order valence-corrected chi connectivity index (χ1v) is 8.46. The molecule has 2 N–H and O–H groups in total. The van der Waals surface area contributed by atoms with Crippen molar-refractivity contribution in [3.8, 4) is 0 Å². The van der Waals surface area contributed by atoms with E-state index in [1.807, 2.05) is 0 Å². The second kappa shape index (κ2) is 7.04. The summed E-state index contributed by atoms with van der Waals surface area (Å²) >= 11 is 2.07. The lowest BCUT2D eigenvalue weighted by molar-refractivity contribution is 0.104. The van der Waals surface area contributed by atoms with Crippen molar-refractivity contribution in [1.29, 1.82) is 0 Å². The minimum absolute atomic E-state index is 0.438. The highest BCUT2D eigenvalue weighted by atomic mass is 32.2. The summed E-state index contributed by atoms with van der Waals surface area (Å²) in [5.74, 6) is 4.15. The van der Waals surface area contributed by atoms with Crippen LogP contribution < -0.4 is 5.73 Å². The number of hydrogen-bond donors (Lipinski definition) is 1. The molecule has 0 spiro atoms. The number of hydrogen-bond acceptors (Lipinski definition) is 2. The monoisotopic (exact) mass is 257 g/mol. The molecular formula is C15H31NS. The summed E-state index contributed by atoms with van der Waals surface area (Å²) in [7, 11) is 0. The van der Waals surface area contributed by atoms with Crippen LogP contribution in [0.25, 0.3) is 0 Å². The first-order valence-electron chi connectivity index (χ1n) is 7.30. The Morgan fingerprint density at radius 1 is 1.29 bits per heavy atom. The summed E-state index contributed by atoms with van der Waals surface area (Å²) in [6.07, 6.45) is 6.65. The molecule has 2 heteroatoms. The topological polar surface area (TPSA) is 26.0 Å². The smallest absolute Gasteiger partial charge is 0.00747 e. The van der Waals surface area contributed by atoms with Crippen LogP contribution in [0.2, 0.25) is 0 Å². The molecule has 17 heavy (non-hydrogen) atoms. The summed E-state index contributed by atoms with van der Waals surface area (Å²) in [4.78, 5) is 0. The molecule has 0 bridgehead atoms. The fraction of sp³-hybridized carbons (Fsp3) is 1.00. The maximum Gasteiger partial charge on any atom is 0.00747 e. The molecule has 0 amide bonds. The Hall–Kier alpha value is 0.310. The zero-order valence-electron chi connectivity index (χ0n) is 12.2. The Balaban J connectivity index is 2.40. The third-order valence-electron chi connectivity index (χ3n) is 4.48. The highest BCUT2D eigenvalue weighted by Crippen LogP contribution is 2.42. The predicted octanol–water partition coefficient (Wildman–Crippen LogP) is 4.31. The first kappa shape index (κ1) is 15.4. The normalized spacial score (nSPS) is 30.5. The largest absolute Gasteiger partial charge is 0.327 e. The SMILES string of the molecule is CCSCCCC(C)(C)C1CCC(C)CC1N. The van der Waals surface area contributed by atoms with Gasteiger partial charge in [0.05, 0.1) is 0 Å². The van der Waals surface area contributed by atoms with Crippen molar-refractivity contribution in [3.63, 3.8) is 0 Å². The molecule has 1 saturated carbocycles. The van der Waals surface area contributed by atoms with Crippen LogP contribution in [-0.2, 0) is 0 Å². The molecule has 1 aliphatic carbocycles. The van der Waals surface area contributed by atoms with Gasteiger partial charge in [-0.3, -0.25) is 0 Å². The number of thioether (sulfide) groups is 1. The van der Waals surface area contributed by atoms with Gasteiger partial charge in [-0.15, -0.1) is 0 Å². The van der Waals surface area contributed by atoms with Gasteiger partial charge in [0.2, 0.25) is 0 Å². The third-order valence-corrected chi connectivity index (χ3v) is 5.47. The van der Waals surface area contributed by atoms with Gasteiger partial charge < -0.3 is 5.73 Å². The Morgan fingerprint density at radius 2 is 2.00 bits per heavy atom. The highest BCUT2D eigenvalue weighted by molar-refractivity contribution is 7.99. The Kier molecular flexibility index (Phi) is 6.36. The van der Waals surface area contributed by atoms with E-state index in [9.17, 15) is 0 Å². The van der Waals surface area contributed by atoms with Crippen molar-refractivity contribution < 1.29 is 0 Å². The quantitative estimate of drug-likeness (QED) is 0.718. The van der Waals surface area contributed by atoms with E-state index in [-0.39, 0.29) is 0 Å². The summed E-state index contributed by atoms with van der Waals surface area (Å²) in [6.45, 7) is 9.46. The van der Waals surface area contributed by atoms with Crippen LogP contribution in [0.3, 0.4) is 0 Å².